The van der Waals surface area contributed by atoms with Gasteiger partial charge < -0.3 is 138 Å². The number of carbonyl (C=O) groups is 13. The van der Waals surface area contributed by atoms with E-state index in [-0.39, 0.29) is 6.54 Å². The summed E-state index contributed by atoms with van der Waals surface area (Å²) in [6.45, 7) is 8.09. The Morgan fingerprint density at radius 2 is 1.23 bits per heavy atom. The molecule has 40 heteroatoms. The van der Waals surface area contributed by atoms with Crippen molar-refractivity contribution < 1.29 is 164 Å². The highest BCUT2D eigenvalue weighted by Crippen LogP contribution is 2.45. The van der Waals surface area contributed by atoms with E-state index in [4.69, 9.17) is 87.3 Å². The molecule has 0 saturated carbocycles. The summed E-state index contributed by atoms with van der Waals surface area (Å²) >= 11 is 0. The average Bonchev–Trinajstić information content (AvgIpc) is 0.733. The van der Waals surface area contributed by atoms with Crippen molar-refractivity contribution >= 4 is 77.7 Å². The fourth-order valence-electron chi connectivity index (χ4n) is 12.4. The number of hydrogen-bond acceptors (Lipinski definition) is 36. The molecule has 0 aliphatic carbocycles. The lowest BCUT2D eigenvalue weighted by molar-refractivity contribution is -0.404. The first-order valence-electron chi connectivity index (χ1n) is 32.8. The summed E-state index contributed by atoms with van der Waals surface area (Å²) in [5, 5.41) is 64.2. The van der Waals surface area contributed by atoms with Crippen LogP contribution >= 0.6 is 0 Å². The minimum Gasteiger partial charge on any atom is -0.465 e. The van der Waals surface area contributed by atoms with Crippen LogP contribution in [0.2, 0.25) is 0 Å². The van der Waals surface area contributed by atoms with Crippen LogP contribution in [0.5, 0.6) is 0 Å². The van der Waals surface area contributed by atoms with Gasteiger partial charge in [0.25, 0.3) is 11.6 Å². The number of aldehydes is 1. The smallest absolute Gasteiger partial charge is 0.367 e. The summed E-state index contributed by atoms with van der Waals surface area (Å²) in [5.41, 5.74) is 12.8. The molecule has 6 fully saturated rings. The Morgan fingerprint density at radius 1 is 0.667 bits per heavy atom. The highest BCUT2D eigenvalue weighted by Gasteiger charge is 2.66. The van der Waals surface area contributed by atoms with Gasteiger partial charge in [0, 0.05) is 72.8 Å². The first-order valence-corrected chi connectivity index (χ1v) is 32.8. The van der Waals surface area contributed by atoms with Crippen molar-refractivity contribution in [3.8, 4) is 0 Å². The molecule has 6 aliphatic heterocycles. The number of aliphatic hydroxyl groups excluding tert-OH is 5. The lowest BCUT2D eigenvalue weighted by Crippen LogP contribution is -2.74. The van der Waals surface area contributed by atoms with E-state index >= 15 is 0 Å². The molecule has 0 bridgehead atoms. The van der Waals surface area contributed by atoms with Gasteiger partial charge in [-0.3, -0.25) is 47.9 Å². The molecule has 26 atom stereocenters. The first-order chi connectivity index (χ1) is 47.9. The number of carbonyl (C=O) groups excluding carboxylic acids is 13. The molecule has 12 N–H and O–H groups in total. The van der Waals surface area contributed by atoms with Crippen LogP contribution in [0.4, 0.5) is 0 Å². The Hall–Kier alpha value is -7.29. The molecule has 6 aliphatic rings. The number of rotatable bonds is 30. The van der Waals surface area contributed by atoms with E-state index < -0.39 is 281 Å². The number of hydrogen-bond donors (Lipinski definition) is 10. The maximum Gasteiger partial charge on any atom is 0.367 e. The minimum absolute atomic E-state index is 0.262. The summed E-state index contributed by atoms with van der Waals surface area (Å²) in [6, 6.07) is -8.26. The van der Waals surface area contributed by atoms with Gasteiger partial charge >= 0.3 is 47.8 Å². The summed E-state index contributed by atoms with van der Waals surface area (Å²) in [4.78, 5) is 172. The topological polar surface area (TPSA) is 562 Å². The number of aliphatic hydroxyl groups is 5. The molecule has 0 aromatic heterocycles. The second-order valence-electron chi connectivity index (χ2n) is 25.7. The van der Waals surface area contributed by atoms with Gasteiger partial charge in [-0.15, -0.1) is 0 Å². The first kappa shape index (κ1) is 83.7. The molecule has 102 heavy (non-hydrogen) atoms. The number of amides is 4. The molecule has 1 spiro atoms. The third-order valence-electron chi connectivity index (χ3n) is 17.5. The van der Waals surface area contributed by atoms with Crippen molar-refractivity contribution in [2.24, 2.45) is 23.3 Å². The van der Waals surface area contributed by atoms with Gasteiger partial charge in [-0.1, -0.05) is 20.8 Å². The van der Waals surface area contributed by atoms with E-state index in [1.165, 1.54) is 39.5 Å². The van der Waals surface area contributed by atoms with Crippen molar-refractivity contribution in [1.29, 1.82) is 0 Å². The molecule has 6 unspecified atom stereocenters. The Kier molecular flexibility index (Phi) is 29.9. The molecule has 576 valence electrons. The molecule has 0 aromatic rings. The largest absolute Gasteiger partial charge is 0.465 e. The van der Waals surface area contributed by atoms with Crippen molar-refractivity contribution in [1.82, 2.24) is 20.9 Å². The van der Waals surface area contributed by atoms with Gasteiger partial charge in [0.05, 0.1) is 70.0 Å². The molecule has 6 heterocycles. The number of esters is 8. The number of nitrogens with one attached hydrogen (secondary N) is 3. The van der Waals surface area contributed by atoms with Crippen LogP contribution in [0.25, 0.3) is 0 Å². The summed E-state index contributed by atoms with van der Waals surface area (Å²) < 4.78 is 94.1. The number of fused-ring (bicyclic) bond motifs is 1. The molecule has 4 amide bonds. The maximum atomic E-state index is 14.5. The van der Waals surface area contributed by atoms with Crippen LogP contribution in [0.3, 0.4) is 0 Å². The van der Waals surface area contributed by atoms with Crippen LogP contribution in [-0.4, -0.2) is 307 Å². The van der Waals surface area contributed by atoms with E-state index in [0.717, 1.165) is 48.7 Å². The third-order valence-corrected chi connectivity index (χ3v) is 17.5. The van der Waals surface area contributed by atoms with Crippen molar-refractivity contribution in [2.75, 3.05) is 46.7 Å². The predicted molar refractivity (Wildman–Crippen MR) is 330 cm³/mol. The van der Waals surface area contributed by atoms with E-state index in [9.17, 15) is 87.9 Å². The second-order valence-corrected chi connectivity index (χ2v) is 25.7. The second kappa shape index (κ2) is 36.4. The summed E-state index contributed by atoms with van der Waals surface area (Å²) in [6.07, 6.45) is -32.3. The highest BCUT2D eigenvalue weighted by atomic mass is 16.8. The van der Waals surface area contributed by atoms with Crippen molar-refractivity contribution in [2.45, 2.75) is 254 Å². The third kappa shape index (κ3) is 20.4. The molecular weight excluding hydrogens is 1370 g/mol. The zero-order chi connectivity index (χ0) is 76.2. The average molecular weight is 1470 g/mol. The minimum atomic E-state index is -2.86. The molecule has 6 saturated heterocycles. The van der Waals surface area contributed by atoms with Crippen LogP contribution in [-0.2, 0) is 138 Å². The van der Waals surface area contributed by atoms with E-state index in [0.29, 0.717) is 19.1 Å². The van der Waals surface area contributed by atoms with Gasteiger partial charge in [0.2, 0.25) is 23.6 Å². The molecule has 6 rings (SSSR count). The van der Waals surface area contributed by atoms with E-state index in [2.05, 4.69) is 16.0 Å². The van der Waals surface area contributed by atoms with Gasteiger partial charge in [-0.2, -0.15) is 0 Å². The summed E-state index contributed by atoms with van der Waals surface area (Å²) in [5.74, 6) is -20.1. The Balaban J connectivity index is 1.43. The maximum absolute atomic E-state index is 14.5. The zero-order valence-electron chi connectivity index (χ0n) is 58.3. The highest BCUT2D eigenvalue weighted by molar-refractivity contribution is 5.94. The Morgan fingerprint density at radius 3 is 1.75 bits per heavy atom. The van der Waals surface area contributed by atoms with Gasteiger partial charge in [-0.25, -0.2) is 9.59 Å². The summed E-state index contributed by atoms with van der Waals surface area (Å²) in [7, 11) is 0.877. The van der Waals surface area contributed by atoms with Crippen LogP contribution in [0.15, 0.2) is 0 Å². The standard InChI is InChI=1S/C62H94N6O34/c1-24(2)53(81)67-35(55(83)65-26(4)54(82)66-27(5)56(84)68-15-13-14-34(68)18-69)21-89-57-25(3)45(44(80)40(96-57)23-90-61(59(85)87-12)16-36(78)42(63)49(100-61)46(93-31(9)75)38(19-70)91-29(7)73)98-58-52(95-33(11)77)51-48(41(97-58)22-88-28(6)72)99-60(86)62(102-51)17-37(79)43(64)50(101-62)47(94-32(10)76)39(20-71)92-30(8)74/h18,24-27,34-52,57-58,70-71,78-80H,13-17,19-23,63-64H2,1-12H3,(H,65,83)(H,66,82)(H,67,81)/t25?,26-,27-,34-,35-,36+,37+,38+,39+,40?,41?,42+,43+,44-,45+,46+,47+,48-,49?,50?,51?,52-,57-,58-,61+,62-/m0/s1. The lowest BCUT2D eigenvalue weighted by Gasteiger charge is -2.54. The molecule has 0 aromatic carbocycles. The van der Waals surface area contributed by atoms with Crippen LogP contribution < -0.4 is 27.4 Å². The van der Waals surface area contributed by atoms with Crippen LogP contribution in [0, 0.1) is 11.8 Å². The van der Waals surface area contributed by atoms with E-state index in [1.54, 1.807) is 0 Å². The number of ether oxygens (including phenoxy) is 16. The zero-order valence-corrected chi connectivity index (χ0v) is 58.3. The van der Waals surface area contributed by atoms with Gasteiger partial charge in [0.15, 0.2) is 49.2 Å². The fraction of sp³-hybridized carbons (Fsp3) is 0.790. The monoisotopic (exact) mass is 1470 g/mol. The number of nitrogens with two attached hydrogens (primary N) is 2. The normalized spacial score (nSPS) is 33.5. The quantitative estimate of drug-likeness (QED) is 0.0182. The Labute approximate surface area is 584 Å². The van der Waals surface area contributed by atoms with Crippen molar-refractivity contribution in [3.63, 3.8) is 0 Å². The molecule has 0 radical (unpaired) electrons. The van der Waals surface area contributed by atoms with Crippen molar-refractivity contribution in [3.05, 3.63) is 0 Å². The fourth-order valence-corrected chi connectivity index (χ4v) is 12.4. The predicted octanol–water partition coefficient (Wildman–Crippen LogP) is -6.77. The van der Waals surface area contributed by atoms with E-state index in [1.807, 2.05) is 0 Å². The van der Waals surface area contributed by atoms with Gasteiger partial charge in [0.1, 0.15) is 67.6 Å². The SMILES string of the molecule is COC(=O)[C@@]1(OCC2O[C@H](OC[C@H](NC(=O)C(C)C)C(=O)N[C@@H](C)C(=O)N[C@@H](C)C(=O)N3CCC[C@H]3C=O)C(C)[C@@H](O[C@@H]3OC(COC(C)=O)[C@@H]4OC(=O)[C@]5(C[C@@H](O)[C@@H](N)C([C@H](OC(C)=O)[C@@H](CO)OC(C)=O)O5)OC4[C@@H]3OC(C)=O)[C@H]2O)C[C@@H](O)[C@@H](N)C([C@H](OC(C)=O)[C@@H](CO)OC(C)=O)O1. The lowest BCUT2D eigenvalue weighted by atomic mass is 9.87. The number of nitrogens with zero attached hydrogens (tertiary/aromatic N) is 1. The Bertz CT molecular complexity index is 3020. The molecule has 40 nitrogen and oxygen atoms in total. The number of methoxy groups -OCH3 is 1. The van der Waals surface area contributed by atoms with Crippen LogP contribution in [0.1, 0.15) is 102 Å². The van der Waals surface area contributed by atoms with Gasteiger partial charge in [-0.05, 0) is 26.7 Å². The number of likely N-dealkylation sites (tertiary alicyclic amines) is 1. The molecular formula is C62H94N6O34.